The number of nitrogens with one attached hydrogen (secondary N) is 1. The molecular weight excluding hydrogens is 222 g/mol. The summed E-state index contributed by atoms with van der Waals surface area (Å²) >= 11 is 0. The maximum atomic E-state index is 11.7. The minimum Gasteiger partial charge on any atom is -0.468 e. The number of aromatic amines is 1. The molecule has 1 heterocycles. The van der Waals surface area contributed by atoms with E-state index in [0.717, 1.165) is 18.4 Å². The van der Waals surface area contributed by atoms with Crippen molar-refractivity contribution in [3.8, 4) is 0 Å². The fraction of sp³-hybridized carbons (Fsp3) is 0.333. The van der Waals surface area contributed by atoms with Crippen molar-refractivity contribution in [2.24, 2.45) is 0 Å². The second-order valence-electron chi connectivity index (χ2n) is 4.30. The summed E-state index contributed by atoms with van der Waals surface area (Å²) in [6.45, 7) is 0. The van der Waals surface area contributed by atoms with Gasteiger partial charge in [-0.1, -0.05) is 6.07 Å². The second-order valence-corrected chi connectivity index (χ2v) is 4.30. The van der Waals surface area contributed by atoms with Gasteiger partial charge in [-0.15, -0.1) is 0 Å². The van der Waals surface area contributed by atoms with Gasteiger partial charge in [-0.2, -0.15) is 0 Å². The lowest BCUT2D eigenvalue weighted by molar-refractivity contribution is -0.143. The van der Waals surface area contributed by atoms with Crippen molar-refractivity contribution in [1.29, 1.82) is 0 Å². The zero-order chi connectivity index (χ0) is 12.0. The van der Waals surface area contributed by atoms with E-state index < -0.39 is 11.2 Å². The lowest BCUT2D eigenvalue weighted by atomic mass is 9.96. The number of carbonyl (C=O) groups excluding carboxylic acids is 1. The zero-order valence-corrected chi connectivity index (χ0v) is 9.28. The standard InChI is InChI=1S/C12H11NO4/c1-16-10(14)12(4-5-12)7-2-3-9-8(6-7)13-11(15)17-9/h2-3,6H,4-5H2,1H3,(H,13,15). The van der Waals surface area contributed by atoms with Crippen molar-refractivity contribution in [1.82, 2.24) is 4.98 Å². The van der Waals surface area contributed by atoms with Crippen molar-refractivity contribution in [2.45, 2.75) is 18.3 Å². The Labute approximate surface area is 96.4 Å². The van der Waals surface area contributed by atoms with Crippen LogP contribution in [0.4, 0.5) is 0 Å². The molecule has 0 spiro atoms. The molecule has 1 N–H and O–H groups in total. The number of carbonyl (C=O) groups is 1. The Kier molecular flexibility index (Phi) is 1.92. The number of esters is 1. The molecule has 88 valence electrons. The minimum absolute atomic E-state index is 0.220. The fourth-order valence-corrected chi connectivity index (χ4v) is 2.18. The molecule has 0 saturated heterocycles. The third-order valence-electron chi connectivity index (χ3n) is 3.30. The smallest absolute Gasteiger partial charge is 0.417 e. The van der Waals surface area contributed by atoms with Gasteiger partial charge >= 0.3 is 11.7 Å². The number of rotatable bonds is 2. The highest BCUT2D eigenvalue weighted by molar-refractivity contribution is 5.88. The highest BCUT2D eigenvalue weighted by Crippen LogP contribution is 2.49. The first-order valence-corrected chi connectivity index (χ1v) is 5.37. The number of ether oxygens (including phenoxy) is 1. The van der Waals surface area contributed by atoms with Crippen molar-refractivity contribution >= 4 is 17.1 Å². The van der Waals surface area contributed by atoms with E-state index in [-0.39, 0.29) is 5.97 Å². The van der Waals surface area contributed by atoms with Gasteiger partial charge in [-0.3, -0.25) is 9.78 Å². The molecule has 1 aliphatic rings. The molecule has 0 radical (unpaired) electrons. The average molecular weight is 233 g/mol. The normalized spacial score (nSPS) is 17.0. The predicted molar refractivity (Wildman–Crippen MR) is 59.8 cm³/mol. The first-order chi connectivity index (χ1) is 8.15. The van der Waals surface area contributed by atoms with Crippen molar-refractivity contribution in [3.05, 3.63) is 34.3 Å². The van der Waals surface area contributed by atoms with E-state index in [4.69, 9.17) is 9.15 Å². The Hall–Kier alpha value is -2.04. The van der Waals surface area contributed by atoms with Gasteiger partial charge in [0.05, 0.1) is 18.0 Å². The third kappa shape index (κ3) is 1.39. The van der Waals surface area contributed by atoms with E-state index in [1.807, 2.05) is 6.07 Å². The number of aromatic nitrogens is 1. The quantitative estimate of drug-likeness (QED) is 0.794. The Bertz CT molecular complexity index is 648. The van der Waals surface area contributed by atoms with E-state index >= 15 is 0 Å². The van der Waals surface area contributed by atoms with Gasteiger partial charge in [-0.05, 0) is 30.5 Å². The summed E-state index contributed by atoms with van der Waals surface area (Å²) in [6.07, 6.45) is 1.57. The zero-order valence-electron chi connectivity index (χ0n) is 9.28. The largest absolute Gasteiger partial charge is 0.468 e. The van der Waals surface area contributed by atoms with E-state index in [2.05, 4.69) is 4.98 Å². The Morgan fingerprint density at radius 3 is 2.88 bits per heavy atom. The third-order valence-corrected chi connectivity index (χ3v) is 3.30. The van der Waals surface area contributed by atoms with E-state index in [1.54, 1.807) is 12.1 Å². The summed E-state index contributed by atoms with van der Waals surface area (Å²) < 4.78 is 9.73. The van der Waals surface area contributed by atoms with Crippen LogP contribution in [0.2, 0.25) is 0 Å². The van der Waals surface area contributed by atoms with Crippen LogP contribution < -0.4 is 5.76 Å². The molecule has 0 aliphatic heterocycles. The van der Waals surface area contributed by atoms with Crippen molar-refractivity contribution in [2.75, 3.05) is 7.11 Å². The first kappa shape index (κ1) is 10.1. The molecule has 5 heteroatoms. The summed E-state index contributed by atoms with van der Waals surface area (Å²) in [7, 11) is 1.39. The minimum atomic E-state index is -0.517. The monoisotopic (exact) mass is 233 g/mol. The molecule has 1 aromatic heterocycles. The van der Waals surface area contributed by atoms with Gasteiger partial charge < -0.3 is 9.15 Å². The summed E-state index contributed by atoms with van der Waals surface area (Å²) in [4.78, 5) is 25.3. The van der Waals surface area contributed by atoms with E-state index in [0.29, 0.717) is 11.1 Å². The SMILES string of the molecule is COC(=O)C1(c2ccc3oc(=O)[nH]c3c2)CC1. The number of hydrogen-bond donors (Lipinski definition) is 1. The lowest BCUT2D eigenvalue weighted by Gasteiger charge is -2.12. The fourth-order valence-electron chi connectivity index (χ4n) is 2.18. The first-order valence-electron chi connectivity index (χ1n) is 5.37. The number of benzene rings is 1. The highest BCUT2D eigenvalue weighted by atomic mass is 16.5. The topological polar surface area (TPSA) is 72.3 Å². The summed E-state index contributed by atoms with van der Waals surface area (Å²) in [6, 6.07) is 5.29. The van der Waals surface area contributed by atoms with Crippen LogP contribution in [0.5, 0.6) is 0 Å². The average Bonchev–Trinajstić information content (AvgIpc) is 3.04. The maximum Gasteiger partial charge on any atom is 0.417 e. The molecule has 1 fully saturated rings. The number of oxazole rings is 1. The van der Waals surface area contributed by atoms with Crippen LogP contribution in [0, 0.1) is 0 Å². The highest BCUT2D eigenvalue weighted by Gasteiger charge is 2.52. The van der Waals surface area contributed by atoms with Crippen LogP contribution in [0.25, 0.3) is 11.1 Å². The van der Waals surface area contributed by atoms with Gasteiger partial charge in [0.25, 0.3) is 0 Å². The number of H-pyrrole nitrogens is 1. The van der Waals surface area contributed by atoms with Gasteiger partial charge in [0.15, 0.2) is 5.58 Å². The van der Waals surface area contributed by atoms with E-state index in [1.165, 1.54) is 7.11 Å². The molecule has 2 aromatic rings. The van der Waals surface area contributed by atoms with Crippen molar-refractivity contribution < 1.29 is 13.9 Å². The Morgan fingerprint density at radius 1 is 1.47 bits per heavy atom. The van der Waals surface area contributed by atoms with Gasteiger partial charge in [0.2, 0.25) is 0 Å². The molecule has 1 aromatic carbocycles. The number of methoxy groups -OCH3 is 1. The second kappa shape index (κ2) is 3.23. The molecule has 5 nitrogen and oxygen atoms in total. The molecule has 0 unspecified atom stereocenters. The number of hydrogen-bond acceptors (Lipinski definition) is 4. The van der Waals surface area contributed by atoms with E-state index in [9.17, 15) is 9.59 Å². The molecule has 17 heavy (non-hydrogen) atoms. The van der Waals surface area contributed by atoms with Crippen LogP contribution >= 0.6 is 0 Å². The van der Waals surface area contributed by atoms with Crippen LogP contribution in [0.1, 0.15) is 18.4 Å². The van der Waals surface area contributed by atoms with Gasteiger partial charge in [-0.25, -0.2) is 4.79 Å². The lowest BCUT2D eigenvalue weighted by Crippen LogP contribution is -2.21. The van der Waals surface area contributed by atoms with Crippen LogP contribution in [-0.2, 0) is 14.9 Å². The number of fused-ring (bicyclic) bond motifs is 1. The molecule has 0 amide bonds. The molecular formula is C12H11NO4. The predicted octanol–water partition coefficient (Wildman–Crippen LogP) is 1.33. The molecule has 0 atom stereocenters. The van der Waals surface area contributed by atoms with Crippen LogP contribution in [-0.4, -0.2) is 18.1 Å². The molecule has 1 aliphatic carbocycles. The maximum absolute atomic E-state index is 11.7. The van der Waals surface area contributed by atoms with Crippen molar-refractivity contribution in [3.63, 3.8) is 0 Å². The molecule has 0 bridgehead atoms. The summed E-state index contributed by atoms with van der Waals surface area (Å²) in [5.74, 6) is -0.706. The Balaban J connectivity index is 2.12. The Morgan fingerprint density at radius 2 is 2.24 bits per heavy atom. The molecule has 3 rings (SSSR count). The van der Waals surface area contributed by atoms with Gasteiger partial charge in [0.1, 0.15) is 0 Å². The van der Waals surface area contributed by atoms with Crippen LogP contribution in [0.15, 0.2) is 27.4 Å². The molecule has 1 saturated carbocycles. The summed E-state index contributed by atoms with van der Waals surface area (Å²) in [5, 5.41) is 0. The van der Waals surface area contributed by atoms with Gasteiger partial charge in [0, 0.05) is 0 Å². The summed E-state index contributed by atoms with van der Waals surface area (Å²) in [5.41, 5.74) is 1.47. The van der Waals surface area contributed by atoms with Crippen LogP contribution in [0.3, 0.4) is 0 Å².